The molecule has 108 valence electrons. The molecule has 0 bridgehead atoms. The zero-order valence-corrected chi connectivity index (χ0v) is 12.2. The maximum Gasteiger partial charge on any atom is 0.314 e. The van der Waals surface area contributed by atoms with Crippen molar-refractivity contribution >= 4 is 23.5 Å². The Morgan fingerprint density at radius 1 is 1.15 bits per heavy atom. The van der Waals surface area contributed by atoms with Crippen LogP contribution in [0.15, 0.2) is 18.2 Å². The number of amides is 3. The smallest absolute Gasteiger partial charge is 0.314 e. The van der Waals surface area contributed by atoms with E-state index < -0.39 is 6.03 Å². The standard InChI is InChI=1S/C14H18ClN3O2/c1-10-9-11(3-4-12(10)15)13(19)17-5-2-6-18(8-7-17)14(16)20/h3-4,9H,2,5-8H2,1H3,(H2,16,20). The van der Waals surface area contributed by atoms with Gasteiger partial charge in [0.2, 0.25) is 0 Å². The molecule has 6 heteroatoms. The summed E-state index contributed by atoms with van der Waals surface area (Å²) in [5.41, 5.74) is 6.78. The largest absolute Gasteiger partial charge is 0.351 e. The highest BCUT2D eigenvalue weighted by Gasteiger charge is 2.21. The molecule has 0 spiro atoms. The average Bonchev–Trinajstić information content (AvgIpc) is 2.67. The summed E-state index contributed by atoms with van der Waals surface area (Å²) in [7, 11) is 0. The van der Waals surface area contributed by atoms with Crippen LogP contribution in [0.2, 0.25) is 5.02 Å². The molecule has 20 heavy (non-hydrogen) atoms. The van der Waals surface area contributed by atoms with Crippen LogP contribution in [-0.2, 0) is 0 Å². The first-order valence-electron chi connectivity index (χ1n) is 6.59. The van der Waals surface area contributed by atoms with Gasteiger partial charge >= 0.3 is 6.03 Å². The van der Waals surface area contributed by atoms with E-state index in [-0.39, 0.29) is 5.91 Å². The number of rotatable bonds is 1. The maximum absolute atomic E-state index is 12.4. The molecular weight excluding hydrogens is 278 g/mol. The lowest BCUT2D eigenvalue weighted by atomic mass is 10.1. The predicted molar refractivity (Wildman–Crippen MR) is 77.9 cm³/mol. The molecule has 1 aromatic carbocycles. The van der Waals surface area contributed by atoms with Crippen molar-refractivity contribution in [2.75, 3.05) is 26.2 Å². The summed E-state index contributed by atoms with van der Waals surface area (Å²) >= 11 is 5.97. The number of aryl methyl sites for hydroxylation is 1. The molecule has 2 rings (SSSR count). The maximum atomic E-state index is 12.4. The van der Waals surface area contributed by atoms with Crippen LogP contribution in [0.4, 0.5) is 4.79 Å². The Bertz CT molecular complexity index is 533. The van der Waals surface area contributed by atoms with Gasteiger partial charge in [0.15, 0.2) is 0 Å². The van der Waals surface area contributed by atoms with Gasteiger partial charge in [-0.3, -0.25) is 4.79 Å². The number of carbonyl (C=O) groups excluding carboxylic acids is 2. The van der Waals surface area contributed by atoms with Gasteiger partial charge < -0.3 is 15.5 Å². The second kappa shape index (κ2) is 6.13. The quantitative estimate of drug-likeness (QED) is 0.859. The highest BCUT2D eigenvalue weighted by atomic mass is 35.5. The van der Waals surface area contributed by atoms with Crippen LogP contribution in [0.5, 0.6) is 0 Å². The normalized spacial score (nSPS) is 15.9. The highest BCUT2D eigenvalue weighted by molar-refractivity contribution is 6.31. The Morgan fingerprint density at radius 2 is 1.80 bits per heavy atom. The Kier molecular flexibility index (Phi) is 4.49. The van der Waals surface area contributed by atoms with Gasteiger partial charge in [0.05, 0.1) is 0 Å². The number of hydrogen-bond donors (Lipinski definition) is 1. The van der Waals surface area contributed by atoms with E-state index in [4.69, 9.17) is 17.3 Å². The summed E-state index contributed by atoms with van der Waals surface area (Å²) < 4.78 is 0. The summed E-state index contributed by atoms with van der Waals surface area (Å²) in [5, 5.41) is 0.650. The molecule has 1 aliphatic rings. The summed E-state index contributed by atoms with van der Waals surface area (Å²) in [4.78, 5) is 26.9. The Labute approximate surface area is 123 Å². The molecule has 5 nitrogen and oxygen atoms in total. The van der Waals surface area contributed by atoms with Crippen LogP contribution in [0, 0.1) is 6.92 Å². The second-order valence-electron chi connectivity index (χ2n) is 4.94. The van der Waals surface area contributed by atoms with Crippen molar-refractivity contribution in [2.24, 2.45) is 5.73 Å². The van der Waals surface area contributed by atoms with Crippen molar-refractivity contribution in [3.8, 4) is 0 Å². The summed E-state index contributed by atoms with van der Waals surface area (Å²) in [6.07, 6.45) is 0.737. The van der Waals surface area contributed by atoms with Crippen LogP contribution in [0.25, 0.3) is 0 Å². The Hall–Kier alpha value is -1.75. The molecule has 1 fully saturated rings. The van der Waals surface area contributed by atoms with Crippen molar-refractivity contribution in [3.05, 3.63) is 34.3 Å². The molecule has 1 aliphatic heterocycles. The SMILES string of the molecule is Cc1cc(C(=O)N2CCCN(C(N)=O)CC2)ccc1Cl. The van der Waals surface area contributed by atoms with E-state index in [9.17, 15) is 9.59 Å². The number of primary amides is 1. The van der Waals surface area contributed by atoms with Crippen molar-refractivity contribution < 1.29 is 9.59 Å². The minimum Gasteiger partial charge on any atom is -0.351 e. The van der Waals surface area contributed by atoms with Crippen LogP contribution in [0.3, 0.4) is 0 Å². The first kappa shape index (κ1) is 14.7. The summed E-state index contributed by atoms with van der Waals surface area (Å²) in [6.45, 7) is 4.08. The fraction of sp³-hybridized carbons (Fsp3) is 0.429. The van der Waals surface area contributed by atoms with Gasteiger partial charge in [-0.05, 0) is 37.1 Å². The average molecular weight is 296 g/mol. The first-order chi connectivity index (χ1) is 9.49. The fourth-order valence-electron chi connectivity index (χ4n) is 2.30. The van der Waals surface area contributed by atoms with Crippen LogP contribution in [0.1, 0.15) is 22.3 Å². The third-order valence-corrected chi connectivity index (χ3v) is 3.92. The lowest BCUT2D eigenvalue weighted by molar-refractivity contribution is 0.0762. The van der Waals surface area contributed by atoms with Crippen LogP contribution < -0.4 is 5.73 Å². The van der Waals surface area contributed by atoms with Gasteiger partial charge in [0.25, 0.3) is 5.91 Å². The minimum absolute atomic E-state index is 0.0314. The number of nitrogens with two attached hydrogens (primary N) is 1. The summed E-state index contributed by atoms with van der Waals surface area (Å²) in [6, 6.07) is 4.83. The van der Waals surface area contributed by atoms with Crippen molar-refractivity contribution in [3.63, 3.8) is 0 Å². The molecule has 0 radical (unpaired) electrons. The number of benzene rings is 1. The molecule has 2 N–H and O–H groups in total. The number of nitrogens with zero attached hydrogens (tertiary/aromatic N) is 2. The van der Waals surface area contributed by atoms with E-state index in [0.29, 0.717) is 36.8 Å². The molecule has 1 aromatic rings. The van der Waals surface area contributed by atoms with Crippen molar-refractivity contribution in [1.82, 2.24) is 9.80 Å². The Morgan fingerprint density at radius 3 is 2.45 bits per heavy atom. The van der Waals surface area contributed by atoms with Gasteiger partial charge in [0, 0.05) is 36.8 Å². The zero-order valence-electron chi connectivity index (χ0n) is 11.4. The molecular formula is C14H18ClN3O2. The van der Waals surface area contributed by atoms with E-state index >= 15 is 0 Å². The third kappa shape index (κ3) is 3.22. The monoisotopic (exact) mass is 295 g/mol. The molecule has 0 saturated carbocycles. The minimum atomic E-state index is -0.429. The van der Waals surface area contributed by atoms with Gasteiger partial charge in [0.1, 0.15) is 0 Å². The van der Waals surface area contributed by atoms with Crippen molar-refractivity contribution in [1.29, 1.82) is 0 Å². The van der Waals surface area contributed by atoms with Crippen molar-refractivity contribution in [2.45, 2.75) is 13.3 Å². The van der Waals surface area contributed by atoms with Gasteiger partial charge in [-0.2, -0.15) is 0 Å². The zero-order chi connectivity index (χ0) is 14.7. The summed E-state index contributed by atoms with van der Waals surface area (Å²) in [5.74, 6) is -0.0314. The molecule has 0 unspecified atom stereocenters. The molecule has 1 heterocycles. The van der Waals surface area contributed by atoms with E-state index in [1.165, 1.54) is 0 Å². The topological polar surface area (TPSA) is 66.6 Å². The predicted octanol–water partition coefficient (Wildman–Crippen LogP) is 1.88. The lowest BCUT2D eigenvalue weighted by Crippen LogP contribution is -2.39. The number of halogens is 1. The Balaban J connectivity index is 2.09. The van der Waals surface area contributed by atoms with E-state index in [2.05, 4.69) is 0 Å². The van der Waals surface area contributed by atoms with E-state index in [1.54, 1.807) is 28.0 Å². The first-order valence-corrected chi connectivity index (χ1v) is 6.96. The lowest BCUT2D eigenvalue weighted by Gasteiger charge is -2.21. The second-order valence-corrected chi connectivity index (χ2v) is 5.34. The number of hydrogen-bond acceptors (Lipinski definition) is 2. The van der Waals surface area contributed by atoms with Crippen LogP contribution >= 0.6 is 11.6 Å². The van der Waals surface area contributed by atoms with E-state index in [1.807, 2.05) is 6.92 Å². The fourth-order valence-corrected chi connectivity index (χ4v) is 2.42. The van der Waals surface area contributed by atoms with Gasteiger partial charge in [-0.25, -0.2) is 4.79 Å². The number of urea groups is 1. The van der Waals surface area contributed by atoms with E-state index in [0.717, 1.165) is 12.0 Å². The van der Waals surface area contributed by atoms with Crippen LogP contribution in [-0.4, -0.2) is 47.9 Å². The third-order valence-electron chi connectivity index (χ3n) is 3.50. The molecule has 0 aliphatic carbocycles. The van der Waals surface area contributed by atoms with Gasteiger partial charge in [-0.1, -0.05) is 11.6 Å². The molecule has 3 amide bonds. The van der Waals surface area contributed by atoms with Gasteiger partial charge in [-0.15, -0.1) is 0 Å². The highest BCUT2D eigenvalue weighted by Crippen LogP contribution is 2.18. The molecule has 0 aromatic heterocycles. The molecule has 0 atom stereocenters. The molecule has 1 saturated heterocycles. The number of carbonyl (C=O) groups is 2.